The van der Waals surface area contributed by atoms with Gasteiger partial charge in [-0.1, -0.05) is 42.6 Å². The molecular weight excluding hydrogens is 386 g/mol. The molecule has 0 aromatic heterocycles. The highest BCUT2D eigenvalue weighted by Gasteiger charge is 2.49. The molecule has 2 aromatic rings. The Balaban J connectivity index is 1.78. The van der Waals surface area contributed by atoms with E-state index in [4.69, 9.17) is 21.1 Å². The number of nitrogens with zero attached hydrogens (tertiary/aromatic N) is 1. The van der Waals surface area contributed by atoms with Crippen molar-refractivity contribution in [3.05, 3.63) is 58.6 Å². The molecule has 1 aliphatic heterocycles. The standard InChI is InChI=1S/C24H30ClNO3/c1-28-18-10-11-22(29-2)19(15-18)23-20-8-5-6-12-24(20,27)13-14-26(23)16-17-7-3-4-9-21(17)25/h3-4,7,9-11,15,20,23,27H,5-6,8,12-14,16H2,1-2H3/t20-,23-,24-/m0/s1. The molecule has 3 atom stereocenters. The smallest absolute Gasteiger partial charge is 0.123 e. The van der Waals surface area contributed by atoms with Gasteiger partial charge in [-0.05, 0) is 49.1 Å². The SMILES string of the molecule is COc1ccc(OC)c([C@H]2[C@@H]3CCCC[C@]3(O)CCN2Cc2ccccc2Cl)c1. The first-order valence-corrected chi connectivity index (χ1v) is 10.9. The number of piperidine rings is 1. The van der Waals surface area contributed by atoms with E-state index in [9.17, 15) is 5.11 Å². The molecule has 29 heavy (non-hydrogen) atoms. The van der Waals surface area contributed by atoms with E-state index in [0.717, 1.165) is 72.8 Å². The highest BCUT2D eigenvalue weighted by molar-refractivity contribution is 6.31. The lowest BCUT2D eigenvalue weighted by Gasteiger charge is -2.53. The maximum Gasteiger partial charge on any atom is 0.123 e. The largest absolute Gasteiger partial charge is 0.497 e. The number of rotatable bonds is 5. The zero-order valence-corrected chi connectivity index (χ0v) is 18.0. The number of benzene rings is 2. The summed E-state index contributed by atoms with van der Waals surface area (Å²) in [5.41, 5.74) is 1.58. The Morgan fingerprint density at radius 3 is 2.69 bits per heavy atom. The van der Waals surface area contributed by atoms with Crippen LogP contribution in [-0.2, 0) is 6.54 Å². The number of hydrogen-bond acceptors (Lipinski definition) is 4. The average molecular weight is 416 g/mol. The Kier molecular flexibility index (Phi) is 6.05. The van der Waals surface area contributed by atoms with Crippen LogP contribution in [-0.4, -0.2) is 36.4 Å². The summed E-state index contributed by atoms with van der Waals surface area (Å²) < 4.78 is 11.3. The van der Waals surface area contributed by atoms with E-state index in [-0.39, 0.29) is 12.0 Å². The molecule has 0 amide bonds. The summed E-state index contributed by atoms with van der Waals surface area (Å²) in [5.74, 6) is 1.81. The number of aliphatic hydroxyl groups is 1. The summed E-state index contributed by atoms with van der Waals surface area (Å²) >= 11 is 6.49. The van der Waals surface area contributed by atoms with Crippen molar-refractivity contribution in [3.63, 3.8) is 0 Å². The first-order chi connectivity index (χ1) is 14.1. The quantitative estimate of drug-likeness (QED) is 0.726. The Hall–Kier alpha value is -1.75. The average Bonchev–Trinajstić information content (AvgIpc) is 2.74. The third-order valence-electron chi connectivity index (χ3n) is 6.76. The molecule has 2 fully saturated rings. The number of fused-ring (bicyclic) bond motifs is 1. The van der Waals surface area contributed by atoms with Gasteiger partial charge in [-0.15, -0.1) is 0 Å². The van der Waals surface area contributed by atoms with Crippen LogP contribution in [0.4, 0.5) is 0 Å². The van der Waals surface area contributed by atoms with Crippen LogP contribution in [0.3, 0.4) is 0 Å². The maximum atomic E-state index is 11.5. The van der Waals surface area contributed by atoms with Crippen molar-refractivity contribution in [3.8, 4) is 11.5 Å². The van der Waals surface area contributed by atoms with Crippen LogP contribution in [0.2, 0.25) is 5.02 Å². The minimum Gasteiger partial charge on any atom is -0.497 e. The zero-order chi connectivity index (χ0) is 20.4. The lowest BCUT2D eigenvalue weighted by Crippen LogP contribution is -2.54. The second-order valence-electron chi connectivity index (χ2n) is 8.32. The second-order valence-corrected chi connectivity index (χ2v) is 8.73. The van der Waals surface area contributed by atoms with Crippen LogP contribution in [0.5, 0.6) is 11.5 Å². The summed E-state index contributed by atoms with van der Waals surface area (Å²) in [5, 5.41) is 12.3. The van der Waals surface area contributed by atoms with Gasteiger partial charge in [0.15, 0.2) is 0 Å². The van der Waals surface area contributed by atoms with Gasteiger partial charge in [0.05, 0.1) is 19.8 Å². The second kappa shape index (κ2) is 8.55. The van der Waals surface area contributed by atoms with Gasteiger partial charge in [-0.3, -0.25) is 4.90 Å². The fraction of sp³-hybridized carbons (Fsp3) is 0.500. The van der Waals surface area contributed by atoms with Crippen molar-refractivity contribution in [2.75, 3.05) is 20.8 Å². The van der Waals surface area contributed by atoms with E-state index in [1.807, 2.05) is 30.3 Å². The zero-order valence-electron chi connectivity index (χ0n) is 17.2. The van der Waals surface area contributed by atoms with Crippen molar-refractivity contribution in [2.24, 2.45) is 5.92 Å². The Morgan fingerprint density at radius 2 is 1.93 bits per heavy atom. The van der Waals surface area contributed by atoms with Crippen LogP contribution in [0.1, 0.15) is 49.3 Å². The van der Waals surface area contributed by atoms with Crippen LogP contribution < -0.4 is 9.47 Å². The summed E-state index contributed by atoms with van der Waals surface area (Å²) in [6.45, 7) is 1.57. The van der Waals surface area contributed by atoms with Crippen molar-refractivity contribution in [1.29, 1.82) is 0 Å². The molecule has 0 unspecified atom stereocenters. The Morgan fingerprint density at radius 1 is 1.10 bits per heavy atom. The third kappa shape index (κ3) is 3.98. The first-order valence-electron chi connectivity index (χ1n) is 10.5. The van der Waals surface area contributed by atoms with Crippen molar-refractivity contribution < 1.29 is 14.6 Å². The molecule has 2 aromatic carbocycles. The van der Waals surface area contributed by atoms with Gasteiger partial charge < -0.3 is 14.6 Å². The summed E-state index contributed by atoms with van der Waals surface area (Å²) in [4.78, 5) is 2.46. The molecule has 2 aliphatic rings. The van der Waals surface area contributed by atoms with E-state index >= 15 is 0 Å². The predicted molar refractivity (Wildman–Crippen MR) is 116 cm³/mol. The predicted octanol–water partition coefficient (Wildman–Crippen LogP) is 5.23. The summed E-state index contributed by atoms with van der Waals surface area (Å²) in [7, 11) is 3.39. The first kappa shape index (κ1) is 20.5. The summed E-state index contributed by atoms with van der Waals surface area (Å²) in [6.07, 6.45) is 4.93. The van der Waals surface area contributed by atoms with Crippen LogP contribution in [0.15, 0.2) is 42.5 Å². The Bertz CT molecular complexity index is 858. The van der Waals surface area contributed by atoms with Crippen LogP contribution in [0.25, 0.3) is 0 Å². The van der Waals surface area contributed by atoms with Gasteiger partial charge >= 0.3 is 0 Å². The maximum absolute atomic E-state index is 11.5. The molecule has 0 bridgehead atoms. The number of hydrogen-bond donors (Lipinski definition) is 1. The molecule has 4 rings (SSSR count). The van der Waals surface area contributed by atoms with E-state index in [1.54, 1.807) is 14.2 Å². The summed E-state index contributed by atoms with van der Waals surface area (Å²) in [6, 6.07) is 14.0. The normalized spacial score (nSPS) is 27.3. The fourth-order valence-corrected chi connectivity index (χ4v) is 5.44. The molecule has 1 saturated carbocycles. The topological polar surface area (TPSA) is 41.9 Å². The van der Waals surface area contributed by atoms with Crippen LogP contribution in [0, 0.1) is 5.92 Å². The third-order valence-corrected chi connectivity index (χ3v) is 7.13. The highest BCUT2D eigenvalue weighted by atomic mass is 35.5. The molecular formula is C24H30ClNO3. The molecule has 1 heterocycles. The van der Waals surface area contributed by atoms with E-state index in [2.05, 4.69) is 17.0 Å². The van der Waals surface area contributed by atoms with Crippen LogP contribution >= 0.6 is 11.6 Å². The van der Waals surface area contributed by atoms with Gasteiger partial charge in [0.1, 0.15) is 11.5 Å². The number of halogens is 1. The molecule has 4 nitrogen and oxygen atoms in total. The lowest BCUT2D eigenvalue weighted by molar-refractivity contribution is -0.126. The number of ether oxygens (including phenoxy) is 2. The van der Waals surface area contributed by atoms with Crippen molar-refractivity contribution in [2.45, 2.75) is 50.3 Å². The van der Waals surface area contributed by atoms with Gasteiger partial charge in [-0.25, -0.2) is 0 Å². The van der Waals surface area contributed by atoms with Gasteiger partial charge in [-0.2, -0.15) is 0 Å². The Labute approximate surface area is 178 Å². The molecule has 5 heteroatoms. The fourth-order valence-electron chi connectivity index (χ4n) is 5.25. The highest BCUT2D eigenvalue weighted by Crippen LogP contribution is 2.51. The minimum absolute atomic E-state index is 0.0513. The number of methoxy groups -OCH3 is 2. The minimum atomic E-state index is -0.617. The lowest BCUT2D eigenvalue weighted by atomic mass is 9.66. The van der Waals surface area contributed by atoms with E-state index in [0.29, 0.717) is 0 Å². The van der Waals surface area contributed by atoms with Crippen molar-refractivity contribution >= 4 is 11.6 Å². The number of likely N-dealkylation sites (tertiary alicyclic amines) is 1. The van der Waals surface area contributed by atoms with Gasteiger partial charge in [0.2, 0.25) is 0 Å². The van der Waals surface area contributed by atoms with E-state index in [1.165, 1.54) is 0 Å². The van der Waals surface area contributed by atoms with Gasteiger partial charge in [0.25, 0.3) is 0 Å². The molecule has 1 aliphatic carbocycles. The molecule has 0 spiro atoms. The molecule has 1 saturated heterocycles. The van der Waals surface area contributed by atoms with E-state index < -0.39 is 5.60 Å². The van der Waals surface area contributed by atoms with Gasteiger partial charge in [0, 0.05) is 35.6 Å². The molecule has 0 radical (unpaired) electrons. The molecule has 1 N–H and O–H groups in total. The monoisotopic (exact) mass is 415 g/mol. The van der Waals surface area contributed by atoms with Crippen molar-refractivity contribution in [1.82, 2.24) is 4.90 Å². The molecule has 156 valence electrons.